The summed E-state index contributed by atoms with van der Waals surface area (Å²) in [5.74, 6) is 2.29. The number of para-hydroxylation sites is 1. The first kappa shape index (κ1) is 19.4. The highest BCUT2D eigenvalue weighted by Crippen LogP contribution is 2.36. The predicted octanol–water partition coefficient (Wildman–Crippen LogP) is 3.75. The Morgan fingerprint density at radius 1 is 1.29 bits per heavy atom. The molecule has 6 nitrogen and oxygen atoms in total. The molecule has 1 aromatic carbocycles. The van der Waals surface area contributed by atoms with Gasteiger partial charge < -0.3 is 14.2 Å². The van der Waals surface area contributed by atoms with E-state index in [-0.39, 0.29) is 30.2 Å². The molecule has 1 amide bonds. The van der Waals surface area contributed by atoms with Gasteiger partial charge in [-0.15, -0.1) is 6.42 Å². The lowest BCUT2D eigenvalue weighted by molar-refractivity contribution is -0.134. The van der Waals surface area contributed by atoms with Crippen LogP contribution < -0.4 is 14.8 Å². The molecule has 0 aliphatic carbocycles. The number of nitrogens with one attached hydrogen (secondary N) is 1. The molecule has 130 valence electrons. The molecular formula is C18H23NO5. The minimum atomic E-state index is -0.663. The second kappa shape index (κ2) is 8.82. The van der Waals surface area contributed by atoms with E-state index in [1.807, 2.05) is 6.92 Å². The molecule has 0 fully saturated rings. The van der Waals surface area contributed by atoms with E-state index < -0.39 is 17.7 Å². The van der Waals surface area contributed by atoms with Crippen molar-refractivity contribution < 1.29 is 23.8 Å². The topological polar surface area (TPSA) is 73.9 Å². The summed E-state index contributed by atoms with van der Waals surface area (Å²) in [6, 6.07) is 4.84. The molecule has 0 unspecified atom stereocenters. The maximum Gasteiger partial charge on any atom is 0.412 e. The van der Waals surface area contributed by atoms with Crippen LogP contribution in [0.3, 0.4) is 0 Å². The van der Waals surface area contributed by atoms with E-state index in [4.69, 9.17) is 20.6 Å². The Morgan fingerprint density at radius 3 is 2.58 bits per heavy atom. The van der Waals surface area contributed by atoms with Gasteiger partial charge in [0.25, 0.3) is 0 Å². The van der Waals surface area contributed by atoms with E-state index in [2.05, 4.69) is 11.2 Å². The number of carbonyl (C=O) groups is 2. The van der Waals surface area contributed by atoms with Crippen molar-refractivity contribution >= 4 is 17.7 Å². The van der Waals surface area contributed by atoms with Gasteiger partial charge in [0.05, 0.1) is 5.69 Å². The Balaban J connectivity index is 3.06. The maximum absolute atomic E-state index is 12.0. The van der Waals surface area contributed by atoms with Crippen molar-refractivity contribution in [3.63, 3.8) is 0 Å². The number of amides is 1. The molecule has 0 atom stereocenters. The molecule has 0 aliphatic rings. The molecule has 1 aromatic rings. The molecule has 0 saturated carbocycles. The molecule has 1 N–H and O–H groups in total. The number of terminal acetylenes is 1. The Bertz CT molecular complexity index is 625. The van der Waals surface area contributed by atoms with Gasteiger partial charge in [-0.1, -0.05) is 18.9 Å². The predicted molar refractivity (Wildman–Crippen MR) is 91.2 cm³/mol. The summed E-state index contributed by atoms with van der Waals surface area (Å²) in [7, 11) is 0. The number of carbonyl (C=O) groups excluding carboxylic acids is 2. The highest BCUT2D eigenvalue weighted by Gasteiger charge is 2.20. The zero-order valence-corrected chi connectivity index (χ0v) is 14.5. The third-order valence-corrected chi connectivity index (χ3v) is 2.60. The average molecular weight is 333 g/mol. The first-order chi connectivity index (χ1) is 11.3. The molecule has 0 saturated heterocycles. The van der Waals surface area contributed by atoms with Gasteiger partial charge in [-0.05, 0) is 39.3 Å². The summed E-state index contributed by atoms with van der Waals surface area (Å²) in [5.41, 5.74) is -0.385. The fourth-order valence-corrected chi connectivity index (χ4v) is 1.74. The van der Waals surface area contributed by atoms with Gasteiger partial charge in [0, 0.05) is 6.42 Å². The van der Waals surface area contributed by atoms with Crippen LogP contribution in [0, 0.1) is 12.3 Å². The lowest BCUT2D eigenvalue weighted by Crippen LogP contribution is -2.27. The van der Waals surface area contributed by atoms with Crippen molar-refractivity contribution in [3.05, 3.63) is 18.2 Å². The van der Waals surface area contributed by atoms with E-state index in [9.17, 15) is 9.59 Å². The van der Waals surface area contributed by atoms with Crippen LogP contribution in [0.2, 0.25) is 0 Å². The van der Waals surface area contributed by atoms with Crippen molar-refractivity contribution in [1.82, 2.24) is 0 Å². The van der Waals surface area contributed by atoms with Crippen LogP contribution in [0.25, 0.3) is 0 Å². The van der Waals surface area contributed by atoms with Crippen LogP contribution in [-0.4, -0.2) is 24.3 Å². The molecule has 24 heavy (non-hydrogen) atoms. The summed E-state index contributed by atoms with van der Waals surface area (Å²) in [6.45, 7) is 7.12. The standard InChI is InChI=1S/C18H23NO5/c1-6-9-15(20)23-16-13(19-17(21)24-18(3,4)5)10-8-11-14(16)22-12-7-2/h2,8,10-11H,6,9,12H2,1,3-5H3,(H,19,21). The van der Waals surface area contributed by atoms with Gasteiger partial charge in [-0.25, -0.2) is 4.79 Å². The van der Waals surface area contributed by atoms with E-state index in [1.165, 1.54) is 0 Å². The molecule has 1 rings (SSSR count). The lowest BCUT2D eigenvalue weighted by atomic mass is 10.2. The molecular weight excluding hydrogens is 310 g/mol. The number of ether oxygens (including phenoxy) is 3. The van der Waals surface area contributed by atoms with E-state index in [0.29, 0.717) is 6.42 Å². The summed E-state index contributed by atoms with van der Waals surface area (Å²) < 4.78 is 15.9. The molecule has 0 heterocycles. The van der Waals surface area contributed by atoms with Crippen LogP contribution in [0.1, 0.15) is 40.5 Å². The van der Waals surface area contributed by atoms with Gasteiger partial charge in [0.2, 0.25) is 0 Å². The molecule has 0 bridgehead atoms. The fraction of sp³-hybridized carbons (Fsp3) is 0.444. The number of rotatable bonds is 6. The Kier molecular flexibility index (Phi) is 7.12. The maximum atomic E-state index is 12.0. The van der Waals surface area contributed by atoms with Gasteiger partial charge in [0.1, 0.15) is 12.2 Å². The summed E-state index contributed by atoms with van der Waals surface area (Å²) in [6.07, 6.45) is 5.41. The van der Waals surface area contributed by atoms with E-state index in [0.717, 1.165) is 0 Å². The highest BCUT2D eigenvalue weighted by molar-refractivity contribution is 5.89. The van der Waals surface area contributed by atoms with Crippen LogP contribution in [0.4, 0.5) is 10.5 Å². The monoisotopic (exact) mass is 333 g/mol. The normalized spacial score (nSPS) is 10.5. The minimum absolute atomic E-state index is 0.00815. The largest absolute Gasteiger partial charge is 0.477 e. The van der Waals surface area contributed by atoms with Crippen LogP contribution in [-0.2, 0) is 9.53 Å². The number of esters is 1. The lowest BCUT2D eigenvalue weighted by Gasteiger charge is -2.21. The Labute approximate surface area is 142 Å². The first-order valence-electron chi connectivity index (χ1n) is 7.66. The third-order valence-electron chi connectivity index (χ3n) is 2.60. The smallest absolute Gasteiger partial charge is 0.412 e. The second-order valence-corrected chi connectivity index (χ2v) is 5.98. The molecule has 6 heteroatoms. The summed E-state index contributed by atoms with van der Waals surface area (Å²) in [5, 5.41) is 2.56. The van der Waals surface area contributed by atoms with Gasteiger partial charge >= 0.3 is 12.1 Å². The van der Waals surface area contributed by atoms with Crippen LogP contribution >= 0.6 is 0 Å². The molecule has 0 radical (unpaired) electrons. The van der Waals surface area contributed by atoms with Crippen molar-refractivity contribution in [2.45, 2.75) is 46.1 Å². The van der Waals surface area contributed by atoms with Crippen molar-refractivity contribution in [2.24, 2.45) is 0 Å². The zero-order valence-electron chi connectivity index (χ0n) is 14.5. The zero-order chi connectivity index (χ0) is 18.2. The summed E-state index contributed by atoms with van der Waals surface area (Å²) in [4.78, 5) is 23.8. The second-order valence-electron chi connectivity index (χ2n) is 5.98. The van der Waals surface area contributed by atoms with Gasteiger partial charge in [0.15, 0.2) is 11.5 Å². The minimum Gasteiger partial charge on any atom is -0.477 e. The van der Waals surface area contributed by atoms with Crippen LogP contribution in [0.15, 0.2) is 18.2 Å². The number of anilines is 1. The first-order valence-corrected chi connectivity index (χ1v) is 7.66. The average Bonchev–Trinajstić information content (AvgIpc) is 2.45. The van der Waals surface area contributed by atoms with Gasteiger partial charge in [-0.3, -0.25) is 10.1 Å². The Hall–Kier alpha value is -2.68. The van der Waals surface area contributed by atoms with Crippen molar-refractivity contribution in [1.29, 1.82) is 0 Å². The number of benzene rings is 1. The van der Waals surface area contributed by atoms with Crippen LogP contribution in [0.5, 0.6) is 11.5 Å². The Morgan fingerprint density at radius 2 is 2.00 bits per heavy atom. The molecule has 0 aliphatic heterocycles. The van der Waals surface area contributed by atoms with Gasteiger partial charge in [-0.2, -0.15) is 0 Å². The molecule has 0 spiro atoms. The van der Waals surface area contributed by atoms with E-state index in [1.54, 1.807) is 39.0 Å². The number of hydrogen-bond acceptors (Lipinski definition) is 5. The SMILES string of the molecule is C#CCOc1cccc(NC(=O)OC(C)(C)C)c1OC(=O)CCC. The quantitative estimate of drug-likeness (QED) is 0.487. The van der Waals surface area contributed by atoms with E-state index >= 15 is 0 Å². The number of hydrogen-bond donors (Lipinski definition) is 1. The van der Waals surface area contributed by atoms with Crippen molar-refractivity contribution in [2.75, 3.05) is 11.9 Å². The third kappa shape index (κ3) is 6.61. The highest BCUT2D eigenvalue weighted by atomic mass is 16.6. The fourth-order valence-electron chi connectivity index (χ4n) is 1.74. The van der Waals surface area contributed by atoms with Crippen molar-refractivity contribution in [3.8, 4) is 23.8 Å². The molecule has 0 aromatic heterocycles. The summed E-state index contributed by atoms with van der Waals surface area (Å²) >= 11 is 0.